The van der Waals surface area contributed by atoms with Crippen molar-refractivity contribution < 1.29 is 33.8 Å². The van der Waals surface area contributed by atoms with Gasteiger partial charge in [0.1, 0.15) is 5.00 Å². The molecule has 0 spiro atoms. The van der Waals surface area contributed by atoms with Crippen molar-refractivity contribution >= 4 is 28.4 Å². The molecule has 4 rings (SSSR count). The molecule has 3 N–H and O–H groups in total. The van der Waals surface area contributed by atoms with Gasteiger partial charge in [-0.25, -0.2) is 4.79 Å². The summed E-state index contributed by atoms with van der Waals surface area (Å²) in [6, 6.07) is 0. The van der Waals surface area contributed by atoms with Crippen LogP contribution in [-0.2, 0) is 33.7 Å². The number of allylic oxidation sites excluding steroid dienone is 1. The van der Waals surface area contributed by atoms with Crippen molar-refractivity contribution in [2.75, 3.05) is 25.6 Å². The van der Waals surface area contributed by atoms with Crippen LogP contribution in [0.3, 0.4) is 0 Å². The standard InChI is InChI=1S/C18H21N3O4S.CH2O3/c1-23-8-7-14-19-17(25-21-14)15-12-6-9-24-10-13(12)26-18(15)20-16(22)11-4-2-3-5-11;2-1(3)4/h4H,2-3,5-10H2,1H3,(H,20,22);(H2,2,3,4). The minimum absolute atomic E-state index is 0.0395. The van der Waals surface area contributed by atoms with Crippen LogP contribution in [0.1, 0.15) is 35.5 Å². The van der Waals surface area contributed by atoms with Crippen LogP contribution in [0, 0.1) is 0 Å². The SMILES string of the molecule is COCCc1noc(-c2c(NC(=O)C3=CCCC3)sc3c2CCOC3)n1.O=C(O)O. The van der Waals surface area contributed by atoms with Crippen molar-refractivity contribution in [2.45, 2.75) is 38.7 Å². The van der Waals surface area contributed by atoms with Crippen LogP contribution in [0.4, 0.5) is 9.80 Å². The summed E-state index contributed by atoms with van der Waals surface area (Å²) >= 11 is 1.53. The Balaban J connectivity index is 0.000000589. The van der Waals surface area contributed by atoms with Crippen molar-refractivity contribution in [1.82, 2.24) is 10.1 Å². The number of ether oxygens (including phenoxy) is 2. The molecular weight excluding hydrogens is 414 g/mol. The van der Waals surface area contributed by atoms with Crippen LogP contribution in [0.2, 0.25) is 0 Å². The average Bonchev–Trinajstić information content (AvgIpc) is 3.45. The zero-order valence-corrected chi connectivity index (χ0v) is 17.3. The van der Waals surface area contributed by atoms with E-state index in [0.717, 1.165) is 52.3 Å². The van der Waals surface area contributed by atoms with E-state index >= 15 is 0 Å². The fourth-order valence-corrected chi connectivity index (χ4v) is 4.43. The van der Waals surface area contributed by atoms with Crippen LogP contribution in [0.15, 0.2) is 16.2 Å². The van der Waals surface area contributed by atoms with E-state index in [0.29, 0.717) is 38.0 Å². The maximum atomic E-state index is 12.6. The molecule has 0 saturated carbocycles. The molecule has 1 aliphatic heterocycles. The fourth-order valence-electron chi connectivity index (χ4n) is 3.26. The minimum atomic E-state index is -1.83. The Hall–Kier alpha value is -2.76. The van der Waals surface area contributed by atoms with E-state index in [2.05, 4.69) is 15.5 Å². The number of amides is 1. The molecular formula is C19H23N3O7S. The van der Waals surface area contributed by atoms with Gasteiger partial charge in [-0.2, -0.15) is 4.98 Å². The number of carbonyl (C=O) groups is 2. The maximum absolute atomic E-state index is 12.6. The van der Waals surface area contributed by atoms with Gasteiger partial charge >= 0.3 is 6.16 Å². The minimum Gasteiger partial charge on any atom is -0.450 e. The number of carbonyl (C=O) groups excluding carboxylic acids is 1. The summed E-state index contributed by atoms with van der Waals surface area (Å²) < 4.78 is 16.1. The smallest absolute Gasteiger partial charge is 0.450 e. The summed E-state index contributed by atoms with van der Waals surface area (Å²) in [5.74, 6) is 1.01. The second-order valence-electron chi connectivity index (χ2n) is 6.63. The Bertz CT molecular complexity index is 931. The summed E-state index contributed by atoms with van der Waals surface area (Å²) in [4.78, 5) is 26.7. The Labute approximate surface area is 176 Å². The fraction of sp³-hybridized carbons (Fsp3) is 0.474. The highest BCUT2D eigenvalue weighted by atomic mass is 32.1. The van der Waals surface area contributed by atoms with Crippen molar-refractivity contribution in [2.24, 2.45) is 0 Å². The number of carboxylic acid groups (broad SMARTS) is 2. The first kappa shape index (κ1) is 21.9. The molecule has 1 amide bonds. The predicted octanol–water partition coefficient (Wildman–Crippen LogP) is 3.33. The summed E-state index contributed by atoms with van der Waals surface area (Å²) in [6.45, 7) is 1.74. The van der Waals surface area contributed by atoms with E-state index in [4.69, 9.17) is 29.0 Å². The molecule has 0 radical (unpaired) electrons. The number of hydrogen-bond acceptors (Lipinski definition) is 8. The first-order valence-corrected chi connectivity index (χ1v) is 10.3. The molecule has 1 aliphatic carbocycles. The van der Waals surface area contributed by atoms with E-state index in [9.17, 15) is 4.79 Å². The second kappa shape index (κ2) is 10.3. The number of anilines is 1. The normalized spacial score (nSPS) is 15.0. The number of hydrogen-bond donors (Lipinski definition) is 3. The first-order valence-electron chi connectivity index (χ1n) is 9.46. The lowest BCUT2D eigenvalue weighted by Crippen LogP contribution is -2.13. The maximum Gasteiger partial charge on any atom is 0.503 e. The largest absolute Gasteiger partial charge is 0.503 e. The molecule has 162 valence electrons. The predicted molar refractivity (Wildman–Crippen MR) is 108 cm³/mol. The number of nitrogens with zero attached hydrogens (tertiary/aromatic N) is 2. The van der Waals surface area contributed by atoms with E-state index in [1.54, 1.807) is 7.11 Å². The molecule has 11 heteroatoms. The van der Waals surface area contributed by atoms with Crippen LogP contribution in [0.25, 0.3) is 11.5 Å². The summed E-state index contributed by atoms with van der Waals surface area (Å²) in [5, 5.41) is 21.8. The lowest BCUT2D eigenvalue weighted by Gasteiger charge is -2.12. The van der Waals surface area contributed by atoms with Crippen LogP contribution in [-0.4, -0.2) is 52.7 Å². The molecule has 2 aromatic heterocycles. The van der Waals surface area contributed by atoms with Gasteiger partial charge in [0.05, 0.1) is 25.4 Å². The molecule has 3 heterocycles. The molecule has 2 aromatic rings. The third kappa shape index (κ3) is 5.43. The van der Waals surface area contributed by atoms with Crippen LogP contribution < -0.4 is 5.32 Å². The second-order valence-corrected chi connectivity index (χ2v) is 7.73. The molecule has 30 heavy (non-hydrogen) atoms. The highest BCUT2D eigenvalue weighted by molar-refractivity contribution is 7.17. The highest BCUT2D eigenvalue weighted by Gasteiger charge is 2.27. The molecule has 0 saturated heterocycles. The van der Waals surface area contributed by atoms with Gasteiger partial charge in [-0.15, -0.1) is 11.3 Å². The lowest BCUT2D eigenvalue weighted by molar-refractivity contribution is -0.112. The Morgan fingerprint density at radius 2 is 2.13 bits per heavy atom. The topological polar surface area (TPSA) is 144 Å². The summed E-state index contributed by atoms with van der Waals surface area (Å²) in [5.41, 5.74) is 2.83. The average molecular weight is 437 g/mol. The van der Waals surface area contributed by atoms with Crippen molar-refractivity contribution in [3.63, 3.8) is 0 Å². The van der Waals surface area contributed by atoms with Gasteiger partial charge in [0.15, 0.2) is 5.82 Å². The number of methoxy groups -OCH3 is 1. The van der Waals surface area contributed by atoms with E-state index in [1.165, 1.54) is 11.3 Å². The van der Waals surface area contributed by atoms with Crippen molar-refractivity contribution in [3.05, 3.63) is 27.9 Å². The third-order valence-corrected chi connectivity index (χ3v) is 5.71. The van der Waals surface area contributed by atoms with E-state index in [-0.39, 0.29) is 5.91 Å². The zero-order valence-electron chi connectivity index (χ0n) is 16.5. The quantitative estimate of drug-likeness (QED) is 0.619. The van der Waals surface area contributed by atoms with Crippen molar-refractivity contribution in [1.29, 1.82) is 0 Å². The molecule has 0 unspecified atom stereocenters. The van der Waals surface area contributed by atoms with Crippen LogP contribution >= 0.6 is 11.3 Å². The van der Waals surface area contributed by atoms with E-state index in [1.807, 2.05) is 6.08 Å². The Morgan fingerprint density at radius 1 is 1.33 bits per heavy atom. The number of fused-ring (bicyclic) bond motifs is 1. The highest BCUT2D eigenvalue weighted by Crippen LogP contribution is 2.42. The van der Waals surface area contributed by atoms with Crippen molar-refractivity contribution in [3.8, 4) is 11.5 Å². The number of aromatic nitrogens is 2. The zero-order chi connectivity index (χ0) is 21.5. The van der Waals surface area contributed by atoms with Gasteiger partial charge in [-0.05, 0) is 31.2 Å². The molecule has 0 atom stereocenters. The summed E-state index contributed by atoms with van der Waals surface area (Å²) in [6.07, 6.45) is 4.38. The molecule has 0 bridgehead atoms. The van der Waals surface area contributed by atoms with Gasteiger partial charge in [0.25, 0.3) is 11.8 Å². The van der Waals surface area contributed by atoms with Gasteiger partial charge < -0.3 is 29.5 Å². The van der Waals surface area contributed by atoms with Gasteiger partial charge in [0, 0.05) is 24.0 Å². The van der Waals surface area contributed by atoms with E-state index < -0.39 is 6.16 Å². The third-order valence-electron chi connectivity index (χ3n) is 4.59. The monoisotopic (exact) mass is 437 g/mol. The molecule has 0 aromatic carbocycles. The summed E-state index contributed by atoms with van der Waals surface area (Å²) in [7, 11) is 1.64. The van der Waals surface area contributed by atoms with Crippen LogP contribution in [0.5, 0.6) is 0 Å². The Kier molecular flexibility index (Phi) is 7.55. The Morgan fingerprint density at radius 3 is 2.83 bits per heavy atom. The number of thiophene rings is 1. The number of nitrogens with one attached hydrogen (secondary N) is 1. The lowest BCUT2D eigenvalue weighted by atomic mass is 10.1. The molecule has 0 fully saturated rings. The first-order chi connectivity index (χ1) is 14.5. The van der Waals surface area contributed by atoms with Gasteiger partial charge in [0.2, 0.25) is 0 Å². The molecule has 2 aliphatic rings. The number of rotatable bonds is 6. The van der Waals surface area contributed by atoms with Gasteiger partial charge in [-0.3, -0.25) is 4.79 Å². The van der Waals surface area contributed by atoms with Gasteiger partial charge in [-0.1, -0.05) is 11.2 Å². The molecule has 10 nitrogen and oxygen atoms in total.